The minimum atomic E-state index is -0.672. The largest absolute Gasteiger partial charge is 0.497 e. The number of likely N-dealkylation sites (tertiary alicyclic amines) is 1. The van der Waals surface area contributed by atoms with Crippen molar-refractivity contribution in [2.75, 3.05) is 27.3 Å². The lowest BCUT2D eigenvalue weighted by atomic mass is 9.88. The first-order valence-electron chi connectivity index (χ1n) is 11.7. The van der Waals surface area contributed by atoms with E-state index < -0.39 is 6.04 Å². The highest BCUT2D eigenvalue weighted by Gasteiger charge is 2.33. The van der Waals surface area contributed by atoms with Crippen molar-refractivity contribution in [3.05, 3.63) is 59.2 Å². The van der Waals surface area contributed by atoms with E-state index in [1.807, 2.05) is 45.0 Å². The Kier molecular flexibility index (Phi) is 8.31. The van der Waals surface area contributed by atoms with Crippen LogP contribution in [0.15, 0.2) is 42.5 Å². The van der Waals surface area contributed by atoms with Crippen molar-refractivity contribution < 1.29 is 23.9 Å². The molecule has 0 aliphatic carbocycles. The third-order valence-electron chi connectivity index (χ3n) is 6.35. The van der Waals surface area contributed by atoms with Crippen molar-refractivity contribution >= 4 is 17.6 Å². The molecule has 0 spiro atoms. The van der Waals surface area contributed by atoms with Gasteiger partial charge in [0.2, 0.25) is 5.91 Å². The molecule has 0 bridgehead atoms. The molecule has 0 radical (unpaired) electrons. The molecule has 2 aromatic carbocycles. The van der Waals surface area contributed by atoms with Crippen molar-refractivity contribution in [2.45, 2.75) is 39.7 Å². The maximum atomic E-state index is 13.3. The van der Waals surface area contributed by atoms with Crippen molar-refractivity contribution in [1.82, 2.24) is 10.2 Å². The van der Waals surface area contributed by atoms with Gasteiger partial charge in [-0.15, -0.1) is 0 Å². The van der Waals surface area contributed by atoms with E-state index >= 15 is 0 Å². The second-order valence-corrected chi connectivity index (χ2v) is 9.13. The molecular weight excluding hydrogens is 432 g/mol. The van der Waals surface area contributed by atoms with Crippen LogP contribution in [-0.2, 0) is 4.79 Å². The smallest absolute Gasteiger partial charge is 0.252 e. The van der Waals surface area contributed by atoms with Crippen LogP contribution in [0.4, 0.5) is 0 Å². The number of nitrogens with zero attached hydrogens (tertiary/aromatic N) is 1. The molecule has 0 aromatic heterocycles. The van der Waals surface area contributed by atoms with E-state index in [1.165, 1.54) is 14.2 Å². The normalized spacial score (nSPS) is 15.1. The van der Waals surface area contributed by atoms with Gasteiger partial charge < -0.3 is 19.7 Å². The topological polar surface area (TPSA) is 84.9 Å². The molecule has 1 N–H and O–H groups in total. The molecule has 1 unspecified atom stereocenters. The Labute approximate surface area is 201 Å². The second-order valence-electron chi connectivity index (χ2n) is 9.13. The summed E-state index contributed by atoms with van der Waals surface area (Å²) in [6.07, 6.45) is 1.23. The summed E-state index contributed by atoms with van der Waals surface area (Å²) in [5.74, 6) is 0.439. The molecule has 0 saturated carbocycles. The molecular formula is C27H34N2O5. The van der Waals surface area contributed by atoms with Gasteiger partial charge in [0, 0.05) is 36.2 Å². The SMILES string of the molecule is COc1cc(OC)cc(C(=O)NC(C(=O)N2CCC(C(=O)c3ccc(C)cc3)CC2)C(C)C)c1. The number of benzene rings is 2. The number of carbonyl (C=O) groups is 3. The molecule has 1 aliphatic heterocycles. The van der Waals surface area contributed by atoms with Gasteiger partial charge in [-0.2, -0.15) is 0 Å². The summed E-state index contributed by atoms with van der Waals surface area (Å²) in [4.78, 5) is 40.9. The van der Waals surface area contributed by atoms with Crippen LogP contribution >= 0.6 is 0 Å². The van der Waals surface area contributed by atoms with Gasteiger partial charge in [-0.1, -0.05) is 43.7 Å². The lowest BCUT2D eigenvalue weighted by Gasteiger charge is -2.35. The number of nitrogens with one attached hydrogen (secondary N) is 1. The number of hydrogen-bond acceptors (Lipinski definition) is 5. The number of Topliss-reactive ketones (excluding diaryl/α,β-unsaturated/α-hetero) is 1. The van der Waals surface area contributed by atoms with Gasteiger partial charge in [-0.25, -0.2) is 0 Å². The summed E-state index contributed by atoms with van der Waals surface area (Å²) in [5.41, 5.74) is 2.19. The quantitative estimate of drug-likeness (QED) is 0.597. The second kappa shape index (κ2) is 11.2. The zero-order chi connectivity index (χ0) is 24.8. The number of amides is 2. The zero-order valence-corrected chi connectivity index (χ0v) is 20.6. The van der Waals surface area contributed by atoms with Gasteiger partial charge in [0.05, 0.1) is 14.2 Å². The van der Waals surface area contributed by atoms with E-state index in [-0.39, 0.29) is 29.4 Å². The van der Waals surface area contributed by atoms with Crippen molar-refractivity contribution in [3.63, 3.8) is 0 Å². The van der Waals surface area contributed by atoms with Crippen LogP contribution in [0, 0.1) is 18.8 Å². The fourth-order valence-corrected chi connectivity index (χ4v) is 4.19. The number of ether oxygens (including phenoxy) is 2. The Morgan fingerprint density at radius 2 is 1.47 bits per heavy atom. The number of carbonyl (C=O) groups excluding carboxylic acids is 3. The Hall–Kier alpha value is -3.35. The molecule has 3 rings (SSSR count). The fourth-order valence-electron chi connectivity index (χ4n) is 4.19. The first kappa shape index (κ1) is 25.3. The van der Waals surface area contributed by atoms with Gasteiger partial charge in [0.15, 0.2) is 5.78 Å². The Morgan fingerprint density at radius 3 is 1.97 bits per heavy atom. The lowest BCUT2D eigenvalue weighted by Crippen LogP contribution is -2.53. The average molecular weight is 467 g/mol. The standard InChI is InChI=1S/C27H34N2O5/c1-17(2)24(28-26(31)21-14-22(33-4)16-23(15-21)34-5)27(32)29-12-10-20(11-13-29)25(30)19-8-6-18(3)7-9-19/h6-9,14-17,20,24H,10-13H2,1-5H3,(H,28,31). The van der Waals surface area contributed by atoms with Gasteiger partial charge in [-0.05, 0) is 37.8 Å². The monoisotopic (exact) mass is 466 g/mol. The highest BCUT2D eigenvalue weighted by atomic mass is 16.5. The molecule has 34 heavy (non-hydrogen) atoms. The lowest BCUT2D eigenvalue weighted by molar-refractivity contribution is -0.135. The predicted octanol–water partition coefficient (Wildman–Crippen LogP) is 3.89. The number of aryl methyl sites for hydroxylation is 1. The first-order chi connectivity index (χ1) is 16.2. The van der Waals surface area contributed by atoms with Crippen LogP contribution in [0.1, 0.15) is 53.0 Å². The van der Waals surface area contributed by atoms with Crippen molar-refractivity contribution in [2.24, 2.45) is 11.8 Å². The summed E-state index contributed by atoms with van der Waals surface area (Å²) in [6.45, 7) is 6.79. The Bertz CT molecular complexity index is 1000. The number of hydrogen-bond donors (Lipinski definition) is 1. The highest BCUT2D eigenvalue weighted by Crippen LogP contribution is 2.25. The number of methoxy groups -OCH3 is 2. The molecule has 7 nitrogen and oxygen atoms in total. The van der Waals surface area contributed by atoms with E-state index in [1.54, 1.807) is 23.1 Å². The summed E-state index contributed by atoms with van der Waals surface area (Å²) < 4.78 is 10.5. The van der Waals surface area contributed by atoms with E-state index in [0.717, 1.165) is 11.1 Å². The summed E-state index contributed by atoms with van der Waals surface area (Å²) in [5, 5.41) is 2.89. The maximum Gasteiger partial charge on any atom is 0.252 e. The van der Waals surface area contributed by atoms with Crippen LogP contribution in [0.25, 0.3) is 0 Å². The molecule has 2 aromatic rings. The van der Waals surface area contributed by atoms with Crippen LogP contribution in [0.5, 0.6) is 11.5 Å². The number of rotatable bonds is 8. The zero-order valence-electron chi connectivity index (χ0n) is 20.6. The van der Waals surface area contributed by atoms with Gasteiger partial charge >= 0.3 is 0 Å². The van der Waals surface area contributed by atoms with Crippen molar-refractivity contribution in [1.29, 1.82) is 0 Å². The maximum absolute atomic E-state index is 13.3. The molecule has 1 atom stereocenters. The highest BCUT2D eigenvalue weighted by molar-refractivity contribution is 5.99. The van der Waals surface area contributed by atoms with Crippen LogP contribution in [-0.4, -0.2) is 55.8 Å². The molecule has 7 heteroatoms. The summed E-state index contributed by atoms with van der Waals surface area (Å²) >= 11 is 0. The van der Waals surface area contributed by atoms with Gasteiger partial charge in [0.25, 0.3) is 5.91 Å². The predicted molar refractivity (Wildman–Crippen MR) is 130 cm³/mol. The molecule has 182 valence electrons. The van der Waals surface area contributed by atoms with E-state index in [9.17, 15) is 14.4 Å². The first-order valence-corrected chi connectivity index (χ1v) is 11.7. The Balaban J connectivity index is 1.64. The van der Waals surface area contributed by atoms with Crippen LogP contribution in [0.3, 0.4) is 0 Å². The summed E-state index contributed by atoms with van der Waals surface area (Å²) in [6, 6.07) is 11.9. The third-order valence-corrected chi connectivity index (χ3v) is 6.35. The minimum Gasteiger partial charge on any atom is -0.497 e. The van der Waals surface area contributed by atoms with E-state index in [2.05, 4.69) is 5.32 Å². The molecule has 1 saturated heterocycles. The van der Waals surface area contributed by atoms with E-state index in [0.29, 0.717) is 43.0 Å². The average Bonchev–Trinajstić information content (AvgIpc) is 2.86. The minimum absolute atomic E-state index is 0.0944. The molecule has 1 heterocycles. The Morgan fingerprint density at radius 1 is 0.912 bits per heavy atom. The molecule has 1 fully saturated rings. The third kappa shape index (κ3) is 5.95. The van der Waals surface area contributed by atoms with E-state index in [4.69, 9.17) is 9.47 Å². The summed E-state index contributed by atoms with van der Waals surface area (Å²) in [7, 11) is 3.04. The molecule has 1 aliphatic rings. The molecule has 2 amide bonds. The van der Waals surface area contributed by atoms with Gasteiger partial charge in [-0.3, -0.25) is 14.4 Å². The van der Waals surface area contributed by atoms with Crippen LogP contribution in [0.2, 0.25) is 0 Å². The van der Waals surface area contributed by atoms with Crippen LogP contribution < -0.4 is 14.8 Å². The van der Waals surface area contributed by atoms with Gasteiger partial charge in [0.1, 0.15) is 17.5 Å². The fraction of sp³-hybridized carbons (Fsp3) is 0.444. The van der Waals surface area contributed by atoms with Crippen molar-refractivity contribution in [3.8, 4) is 11.5 Å². The number of ketones is 1. The number of piperidine rings is 1.